The highest BCUT2D eigenvalue weighted by atomic mass is 16.5. The highest BCUT2D eigenvalue weighted by Gasteiger charge is 2.63. The maximum Gasteiger partial charge on any atom is 0.328 e. The Labute approximate surface area is 160 Å². The molecule has 0 aromatic rings. The first-order valence-corrected chi connectivity index (χ1v) is 10.1. The third kappa shape index (κ3) is 3.71. The second kappa shape index (κ2) is 7.78. The minimum absolute atomic E-state index is 0.104. The van der Waals surface area contributed by atoms with Crippen LogP contribution >= 0.6 is 0 Å². The van der Waals surface area contributed by atoms with E-state index in [0.29, 0.717) is 31.2 Å². The molecule has 4 aliphatic rings. The van der Waals surface area contributed by atoms with Crippen LogP contribution in [0.3, 0.4) is 0 Å². The average molecular weight is 380 g/mol. The molecule has 0 radical (unpaired) electrons. The summed E-state index contributed by atoms with van der Waals surface area (Å²) in [4.78, 5) is 38.0. The van der Waals surface area contributed by atoms with E-state index in [1.54, 1.807) is 0 Å². The standard InChI is InChI=1S/C20H32N2O5/c1-26-16(23)15(5-3-4-6-21)22-17(24)19-8-13-7-14(9-19)11-20(10-13,12-19)18(25)27-2/h13-15H,3-12,21H2,1-2H3,(H,22,24)/t13?,14?,15-,19?,20?/m0/s1. The number of hydrogen-bond donors (Lipinski definition) is 2. The fourth-order valence-corrected chi connectivity index (χ4v) is 6.18. The van der Waals surface area contributed by atoms with Gasteiger partial charge in [-0.05, 0) is 76.2 Å². The van der Waals surface area contributed by atoms with Crippen molar-refractivity contribution in [2.45, 2.75) is 63.8 Å². The van der Waals surface area contributed by atoms with E-state index in [4.69, 9.17) is 15.2 Å². The summed E-state index contributed by atoms with van der Waals surface area (Å²) in [7, 11) is 2.76. The molecule has 1 amide bonds. The van der Waals surface area contributed by atoms with E-state index in [2.05, 4.69) is 5.32 Å². The minimum atomic E-state index is -0.656. The fraction of sp³-hybridized carbons (Fsp3) is 0.850. The molecule has 0 aromatic carbocycles. The summed E-state index contributed by atoms with van der Waals surface area (Å²) in [5, 5.41) is 2.95. The van der Waals surface area contributed by atoms with Gasteiger partial charge in [0.25, 0.3) is 0 Å². The normalized spacial score (nSPS) is 34.8. The molecule has 2 unspecified atom stereocenters. The number of ether oxygens (including phenoxy) is 2. The van der Waals surface area contributed by atoms with Gasteiger partial charge in [-0.15, -0.1) is 0 Å². The summed E-state index contributed by atoms with van der Waals surface area (Å²) >= 11 is 0. The van der Waals surface area contributed by atoms with Crippen LogP contribution in [0.4, 0.5) is 0 Å². The van der Waals surface area contributed by atoms with E-state index in [-0.39, 0.29) is 11.9 Å². The summed E-state index contributed by atoms with van der Waals surface area (Å²) in [6.45, 7) is 0.552. The second-order valence-corrected chi connectivity index (χ2v) is 8.85. The molecule has 0 aliphatic heterocycles. The van der Waals surface area contributed by atoms with Gasteiger partial charge < -0.3 is 20.5 Å². The van der Waals surface area contributed by atoms with Gasteiger partial charge in [0.2, 0.25) is 5.91 Å². The third-order valence-corrected chi connectivity index (χ3v) is 6.90. The maximum absolute atomic E-state index is 13.3. The number of nitrogens with one attached hydrogen (secondary N) is 1. The number of amides is 1. The summed E-state index contributed by atoms with van der Waals surface area (Å²) in [5.41, 5.74) is 4.43. The molecule has 4 saturated carbocycles. The van der Waals surface area contributed by atoms with Gasteiger partial charge in [0, 0.05) is 0 Å². The molecule has 0 saturated heterocycles. The first kappa shape index (κ1) is 20.1. The Morgan fingerprint density at radius 3 is 2.22 bits per heavy atom. The van der Waals surface area contributed by atoms with Gasteiger partial charge in [-0.3, -0.25) is 9.59 Å². The van der Waals surface area contributed by atoms with E-state index in [0.717, 1.165) is 44.9 Å². The van der Waals surface area contributed by atoms with Gasteiger partial charge >= 0.3 is 11.9 Å². The van der Waals surface area contributed by atoms with Crippen molar-refractivity contribution >= 4 is 17.8 Å². The molecule has 4 bridgehead atoms. The van der Waals surface area contributed by atoms with Crippen molar-refractivity contribution in [1.29, 1.82) is 0 Å². The molecule has 4 fully saturated rings. The van der Waals surface area contributed by atoms with Crippen LogP contribution in [0.1, 0.15) is 57.8 Å². The monoisotopic (exact) mass is 380 g/mol. The largest absolute Gasteiger partial charge is 0.469 e. The molecule has 4 rings (SSSR count). The highest BCUT2D eigenvalue weighted by molar-refractivity contribution is 5.89. The van der Waals surface area contributed by atoms with Crippen molar-refractivity contribution < 1.29 is 23.9 Å². The van der Waals surface area contributed by atoms with E-state index >= 15 is 0 Å². The Kier molecular flexibility index (Phi) is 5.79. The van der Waals surface area contributed by atoms with Crippen molar-refractivity contribution in [2.75, 3.05) is 20.8 Å². The van der Waals surface area contributed by atoms with Crippen LogP contribution in [-0.2, 0) is 23.9 Å². The average Bonchev–Trinajstić information content (AvgIpc) is 2.64. The van der Waals surface area contributed by atoms with Gasteiger partial charge in [-0.25, -0.2) is 4.79 Å². The summed E-state index contributed by atoms with van der Waals surface area (Å²) in [5.74, 6) is 0.0527. The highest BCUT2D eigenvalue weighted by Crippen LogP contribution is 2.65. The fourth-order valence-electron chi connectivity index (χ4n) is 6.18. The van der Waals surface area contributed by atoms with Crippen LogP contribution < -0.4 is 11.1 Å². The molecule has 0 spiro atoms. The van der Waals surface area contributed by atoms with Crippen LogP contribution in [0.5, 0.6) is 0 Å². The summed E-state index contributed by atoms with van der Waals surface area (Å²) in [6.07, 6.45) is 6.92. The molecule has 27 heavy (non-hydrogen) atoms. The van der Waals surface area contributed by atoms with E-state index in [1.807, 2.05) is 0 Å². The molecule has 0 aromatic heterocycles. The van der Waals surface area contributed by atoms with Crippen LogP contribution in [0.2, 0.25) is 0 Å². The first-order chi connectivity index (χ1) is 12.9. The van der Waals surface area contributed by atoms with Crippen LogP contribution in [0.25, 0.3) is 0 Å². The van der Waals surface area contributed by atoms with Gasteiger partial charge in [-0.1, -0.05) is 0 Å². The zero-order valence-corrected chi connectivity index (χ0v) is 16.4. The van der Waals surface area contributed by atoms with Gasteiger partial charge in [0.15, 0.2) is 0 Å². The lowest BCUT2D eigenvalue weighted by atomic mass is 9.44. The molecular weight excluding hydrogens is 348 g/mol. The Bertz CT molecular complexity index is 591. The zero-order valence-electron chi connectivity index (χ0n) is 16.4. The van der Waals surface area contributed by atoms with Gasteiger partial charge in [-0.2, -0.15) is 0 Å². The topological polar surface area (TPSA) is 108 Å². The van der Waals surface area contributed by atoms with Crippen molar-refractivity contribution in [3.8, 4) is 0 Å². The predicted octanol–water partition coefficient (Wildman–Crippen LogP) is 1.53. The molecule has 7 heteroatoms. The number of nitrogens with two attached hydrogens (primary N) is 1. The van der Waals surface area contributed by atoms with Crippen LogP contribution in [0, 0.1) is 22.7 Å². The minimum Gasteiger partial charge on any atom is -0.469 e. The van der Waals surface area contributed by atoms with Crippen LogP contribution in [0.15, 0.2) is 0 Å². The molecule has 7 nitrogen and oxygen atoms in total. The number of rotatable bonds is 8. The number of unbranched alkanes of at least 4 members (excludes halogenated alkanes) is 1. The predicted molar refractivity (Wildman–Crippen MR) is 98.4 cm³/mol. The van der Waals surface area contributed by atoms with Gasteiger partial charge in [0.05, 0.1) is 25.0 Å². The lowest BCUT2D eigenvalue weighted by Gasteiger charge is -2.59. The van der Waals surface area contributed by atoms with Crippen molar-refractivity contribution in [3.63, 3.8) is 0 Å². The maximum atomic E-state index is 13.3. The number of methoxy groups -OCH3 is 2. The van der Waals surface area contributed by atoms with Crippen LogP contribution in [-0.4, -0.2) is 44.7 Å². The quantitative estimate of drug-likeness (QED) is 0.488. The molecule has 3 N–H and O–H groups in total. The smallest absolute Gasteiger partial charge is 0.328 e. The number of hydrogen-bond acceptors (Lipinski definition) is 6. The van der Waals surface area contributed by atoms with Crippen molar-refractivity contribution in [1.82, 2.24) is 5.32 Å². The number of carbonyl (C=O) groups excluding carboxylic acids is 3. The Hall–Kier alpha value is -1.63. The van der Waals surface area contributed by atoms with E-state index in [9.17, 15) is 14.4 Å². The lowest BCUT2D eigenvalue weighted by molar-refractivity contribution is -0.182. The summed E-state index contributed by atoms with van der Waals surface area (Å²) in [6, 6.07) is -0.656. The molecule has 0 heterocycles. The molecule has 4 aliphatic carbocycles. The number of carbonyl (C=O) groups is 3. The Balaban J connectivity index is 1.76. The molecule has 152 valence electrons. The van der Waals surface area contributed by atoms with E-state index in [1.165, 1.54) is 14.2 Å². The van der Waals surface area contributed by atoms with Crippen molar-refractivity contribution in [2.24, 2.45) is 28.4 Å². The SMILES string of the molecule is COC(=O)[C@H](CCCCN)NC(=O)C12CC3CC(C1)CC(C(=O)OC)(C3)C2. The summed E-state index contributed by atoms with van der Waals surface area (Å²) < 4.78 is 9.98. The zero-order chi connectivity index (χ0) is 19.7. The molecule has 3 atom stereocenters. The molecular formula is C20H32N2O5. The van der Waals surface area contributed by atoms with Crippen molar-refractivity contribution in [3.05, 3.63) is 0 Å². The first-order valence-electron chi connectivity index (χ1n) is 10.1. The van der Waals surface area contributed by atoms with Gasteiger partial charge in [0.1, 0.15) is 6.04 Å². The number of esters is 2. The Morgan fingerprint density at radius 2 is 1.67 bits per heavy atom. The van der Waals surface area contributed by atoms with E-state index < -0.39 is 22.8 Å². The lowest BCUT2D eigenvalue weighted by Crippen LogP contribution is -2.61. The Morgan fingerprint density at radius 1 is 1.04 bits per heavy atom. The second-order valence-electron chi connectivity index (χ2n) is 8.85. The third-order valence-electron chi connectivity index (χ3n) is 6.90.